The Kier molecular flexibility index (Phi) is 2.05. The van der Waals surface area contributed by atoms with Crippen molar-refractivity contribution in [3.8, 4) is 0 Å². The monoisotopic (exact) mass is 130 g/mol. The summed E-state index contributed by atoms with van der Waals surface area (Å²) in [4.78, 5) is 0. The zero-order valence-electron chi connectivity index (χ0n) is 5.78. The van der Waals surface area contributed by atoms with Crippen molar-refractivity contribution < 1.29 is 5.11 Å². The van der Waals surface area contributed by atoms with Crippen LogP contribution in [0.4, 0.5) is 0 Å². The molecule has 1 rings (SSSR count). The number of rotatable bonds is 2. The molecule has 3 nitrogen and oxygen atoms in total. The van der Waals surface area contributed by atoms with Gasteiger partial charge < -0.3 is 15.7 Å². The second-order valence-electron chi connectivity index (χ2n) is 2.62. The molecule has 0 aromatic rings. The maximum atomic E-state index is 8.91. The fourth-order valence-electron chi connectivity index (χ4n) is 1.17. The van der Waals surface area contributed by atoms with Crippen molar-refractivity contribution in [3.05, 3.63) is 0 Å². The Morgan fingerprint density at radius 1 is 1.78 bits per heavy atom. The third-order valence-electron chi connectivity index (χ3n) is 2.08. The number of aliphatic hydroxyl groups excluding tert-OH is 1. The zero-order chi connectivity index (χ0) is 6.74. The number of likely N-dealkylation sites (N-methyl/N-ethyl adjacent to an activating group) is 1. The summed E-state index contributed by atoms with van der Waals surface area (Å²) in [7, 11) is 1.89. The molecule has 1 aliphatic rings. The predicted octanol–water partition coefficient (Wildman–Crippen LogP) is -1.07. The van der Waals surface area contributed by atoms with Gasteiger partial charge in [0, 0.05) is 6.54 Å². The van der Waals surface area contributed by atoms with E-state index < -0.39 is 0 Å². The number of hydrogen-bond donors (Lipinski definition) is 3. The van der Waals surface area contributed by atoms with E-state index in [0.29, 0.717) is 0 Å². The van der Waals surface area contributed by atoms with Gasteiger partial charge in [0.2, 0.25) is 0 Å². The highest BCUT2D eigenvalue weighted by molar-refractivity contribution is 4.93. The Hall–Kier alpha value is -0.120. The lowest BCUT2D eigenvalue weighted by molar-refractivity contribution is 0.183. The van der Waals surface area contributed by atoms with Gasteiger partial charge in [0.25, 0.3) is 0 Å². The smallest absolute Gasteiger partial charge is 0.0626 e. The third kappa shape index (κ3) is 1.23. The minimum Gasteiger partial charge on any atom is -0.394 e. The van der Waals surface area contributed by atoms with Crippen LogP contribution in [0.25, 0.3) is 0 Å². The summed E-state index contributed by atoms with van der Waals surface area (Å²) in [5, 5.41) is 15.2. The van der Waals surface area contributed by atoms with Crippen molar-refractivity contribution in [2.24, 2.45) is 0 Å². The normalized spacial score (nSPS) is 35.3. The van der Waals surface area contributed by atoms with Crippen molar-refractivity contribution in [2.45, 2.75) is 12.0 Å². The Labute approximate surface area is 55.5 Å². The molecule has 1 unspecified atom stereocenters. The fourth-order valence-corrected chi connectivity index (χ4v) is 1.17. The molecule has 0 spiro atoms. The van der Waals surface area contributed by atoms with Crippen LogP contribution in [0.5, 0.6) is 0 Å². The SMILES string of the molecule is CNC1(CO)CCNC1. The van der Waals surface area contributed by atoms with Gasteiger partial charge in [-0.25, -0.2) is 0 Å². The van der Waals surface area contributed by atoms with E-state index in [9.17, 15) is 0 Å². The Balaban J connectivity index is 2.45. The molecule has 9 heavy (non-hydrogen) atoms. The van der Waals surface area contributed by atoms with Crippen molar-refractivity contribution in [3.63, 3.8) is 0 Å². The minimum atomic E-state index is -0.0278. The van der Waals surface area contributed by atoms with E-state index >= 15 is 0 Å². The molecule has 1 atom stereocenters. The lowest BCUT2D eigenvalue weighted by atomic mass is 10.0. The molecule has 0 amide bonds. The van der Waals surface area contributed by atoms with E-state index in [-0.39, 0.29) is 12.1 Å². The molecule has 0 aromatic heterocycles. The van der Waals surface area contributed by atoms with Crippen LogP contribution in [0.3, 0.4) is 0 Å². The molecule has 1 fully saturated rings. The van der Waals surface area contributed by atoms with Crippen LogP contribution in [0.15, 0.2) is 0 Å². The summed E-state index contributed by atoms with van der Waals surface area (Å²) in [6.45, 7) is 2.14. The molecule has 1 saturated heterocycles. The number of hydrogen-bond acceptors (Lipinski definition) is 3. The average Bonchev–Trinajstić information content (AvgIpc) is 2.36. The van der Waals surface area contributed by atoms with Gasteiger partial charge in [-0.2, -0.15) is 0 Å². The first kappa shape index (κ1) is 6.99. The molecule has 3 heteroatoms. The van der Waals surface area contributed by atoms with Crippen LogP contribution >= 0.6 is 0 Å². The molecule has 54 valence electrons. The van der Waals surface area contributed by atoms with Crippen LogP contribution in [0.1, 0.15) is 6.42 Å². The fraction of sp³-hybridized carbons (Fsp3) is 1.00. The quantitative estimate of drug-likeness (QED) is 0.446. The van der Waals surface area contributed by atoms with E-state index in [1.54, 1.807) is 0 Å². The first-order chi connectivity index (χ1) is 4.33. The van der Waals surface area contributed by atoms with E-state index in [4.69, 9.17) is 5.11 Å². The Morgan fingerprint density at radius 2 is 2.56 bits per heavy atom. The lowest BCUT2D eigenvalue weighted by Gasteiger charge is -2.24. The van der Waals surface area contributed by atoms with Gasteiger partial charge in [0.1, 0.15) is 0 Å². The highest BCUT2D eigenvalue weighted by atomic mass is 16.3. The second kappa shape index (κ2) is 2.64. The molecule has 0 radical (unpaired) electrons. The van der Waals surface area contributed by atoms with Crippen LogP contribution < -0.4 is 10.6 Å². The molecular weight excluding hydrogens is 116 g/mol. The van der Waals surface area contributed by atoms with Crippen molar-refractivity contribution >= 4 is 0 Å². The maximum Gasteiger partial charge on any atom is 0.0626 e. The Bertz CT molecular complexity index is 83.1. The molecule has 1 heterocycles. The van der Waals surface area contributed by atoms with Gasteiger partial charge in [0.15, 0.2) is 0 Å². The first-order valence-corrected chi connectivity index (χ1v) is 3.33. The molecule has 3 N–H and O–H groups in total. The van der Waals surface area contributed by atoms with E-state index in [1.807, 2.05) is 7.05 Å². The largest absolute Gasteiger partial charge is 0.394 e. The third-order valence-corrected chi connectivity index (χ3v) is 2.08. The molecule has 1 aliphatic heterocycles. The molecule has 0 bridgehead atoms. The highest BCUT2D eigenvalue weighted by Gasteiger charge is 2.30. The summed E-state index contributed by atoms with van der Waals surface area (Å²) in [5.41, 5.74) is -0.0278. The van der Waals surface area contributed by atoms with Gasteiger partial charge >= 0.3 is 0 Å². The highest BCUT2D eigenvalue weighted by Crippen LogP contribution is 2.11. The van der Waals surface area contributed by atoms with Gasteiger partial charge in [-0.3, -0.25) is 0 Å². The Morgan fingerprint density at radius 3 is 2.78 bits per heavy atom. The van der Waals surface area contributed by atoms with E-state index in [0.717, 1.165) is 19.5 Å². The molecule has 0 aromatic carbocycles. The van der Waals surface area contributed by atoms with E-state index in [1.165, 1.54) is 0 Å². The number of aliphatic hydroxyl groups is 1. The first-order valence-electron chi connectivity index (χ1n) is 3.33. The van der Waals surface area contributed by atoms with Gasteiger partial charge in [-0.05, 0) is 20.0 Å². The maximum absolute atomic E-state index is 8.91. The number of nitrogens with one attached hydrogen (secondary N) is 2. The van der Waals surface area contributed by atoms with Crippen LogP contribution in [0, 0.1) is 0 Å². The summed E-state index contributed by atoms with van der Waals surface area (Å²) in [6, 6.07) is 0. The van der Waals surface area contributed by atoms with Gasteiger partial charge in [-0.15, -0.1) is 0 Å². The molecule has 0 saturated carbocycles. The van der Waals surface area contributed by atoms with E-state index in [2.05, 4.69) is 10.6 Å². The second-order valence-corrected chi connectivity index (χ2v) is 2.62. The van der Waals surface area contributed by atoms with Crippen molar-refractivity contribution in [1.29, 1.82) is 0 Å². The topological polar surface area (TPSA) is 44.3 Å². The van der Waals surface area contributed by atoms with Crippen molar-refractivity contribution in [2.75, 3.05) is 26.7 Å². The summed E-state index contributed by atoms with van der Waals surface area (Å²) in [5.74, 6) is 0. The van der Waals surface area contributed by atoms with Gasteiger partial charge in [-0.1, -0.05) is 0 Å². The predicted molar refractivity (Wildman–Crippen MR) is 36.4 cm³/mol. The van der Waals surface area contributed by atoms with Crippen LogP contribution in [0.2, 0.25) is 0 Å². The summed E-state index contributed by atoms with van der Waals surface area (Å²) < 4.78 is 0. The summed E-state index contributed by atoms with van der Waals surface area (Å²) in [6.07, 6.45) is 1.03. The minimum absolute atomic E-state index is 0.0278. The lowest BCUT2D eigenvalue weighted by Crippen LogP contribution is -2.48. The molecular formula is C6H14N2O. The summed E-state index contributed by atoms with van der Waals surface area (Å²) >= 11 is 0. The van der Waals surface area contributed by atoms with Crippen LogP contribution in [-0.2, 0) is 0 Å². The molecule has 0 aliphatic carbocycles. The van der Waals surface area contributed by atoms with Crippen LogP contribution in [-0.4, -0.2) is 37.4 Å². The zero-order valence-corrected chi connectivity index (χ0v) is 5.78. The van der Waals surface area contributed by atoms with Gasteiger partial charge in [0.05, 0.1) is 12.1 Å². The standard InChI is InChI=1S/C6H14N2O/c1-7-6(5-9)2-3-8-4-6/h7-9H,2-5H2,1H3. The van der Waals surface area contributed by atoms with Crippen molar-refractivity contribution in [1.82, 2.24) is 10.6 Å². The average molecular weight is 130 g/mol.